The Bertz CT molecular complexity index is 1020. The quantitative estimate of drug-likeness (QED) is 0.356. The van der Waals surface area contributed by atoms with Crippen molar-refractivity contribution in [1.29, 1.82) is 0 Å². The van der Waals surface area contributed by atoms with Crippen molar-refractivity contribution in [2.24, 2.45) is 5.92 Å². The van der Waals surface area contributed by atoms with Gasteiger partial charge in [-0.25, -0.2) is 4.98 Å². The van der Waals surface area contributed by atoms with Crippen molar-refractivity contribution < 1.29 is 9.59 Å². The van der Waals surface area contributed by atoms with Gasteiger partial charge in [0, 0.05) is 23.7 Å². The summed E-state index contributed by atoms with van der Waals surface area (Å²) in [6, 6.07) is 8.70. The normalized spacial score (nSPS) is 11.8. The second-order valence-corrected chi connectivity index (χ2v) is 8.81. The number of aromatic nitrogens is 4. The third-order valence-corrected chi connectivity index (χ3v) is 5.99. The molecule has 1 atom stereocenters. The van der Waals surface area contributed by atoms with E-state index >= 15 is 0 Å². The third-order valence-electron chi connectivity index (χ3n) is 4.34. The molecule has 0 saturated heterocycles. The highest BCUT2D eigenvalue weighted by Gasteiger charge is 2.26. The number of rotatable bonds is 10. The van der Waals surface area contributed by atoms with Crippen LogP contribution in [0.1, 0.15) is 36.1 Å². The molecule has 0 aliphatic carbocycles. The first kappa shape index (κ1) is 22.7. The van der Waals surface area contributed by atoms with E-state index in [9.17, 15) is 9.59 Å². The predicted octanol–water partition coefficient (Wildman–Crippen LogP) is 3.78. The van der Waals surface area contributed by atoms with Crippen molar-refractivity contribution in [2.75, 3.05) is 11.1 Å². The Morgan fingerprint density at radius 1 is 1.26 bits per heavy atom. The van der Waals surface area contributed by atoms with Gasteiger partial charge in [-0.15, -0.1) is 28.1 Å². The lowest BCUT2D eigenvalue weighted by molar-refractivity contribution is -0.113. The Kier molecular flexibility index (Phi) is 7.96. The van der Waals surface area contributed by atoms with Crippen molar-refractivity contribution in [3.63, 3.8) is 0 Å². The summed E-state index contributed by atoms with van der Waals surface area (Å²) in [6.45, 7) is 8.30. The predicted molar refractivity (Wildman–Crippen MR) is 123 cm³/mol. The van der Waals surface area contributed by atoms with E-state index in [1.807, 2.05) is 36.6 Å². The Labute approximate surface area is 189 Å². The number of hydrogen-bond acceptors (Lipinski definition) is 7. The number of allylic oxidation sites excluding steroid dienone is 1. The summed E-state index contributed by atoms with van der Waals surface area (Å²) < 4.78 is 1.88. The van der Waals surface area contributed by atoms with Crippen LogP contribution in [-0.4, -0.2) is 37.3 Å². The molecule has 0 fully saturated rings. The van der Waals surface area contributed by atoms with Crippen molar-refractivity contribution in [3.05, 3.63) is 66.0 Å². The second-order valence-electron chi connectivity index (χ2n) is 6.98. The summed E-state index contributed by atoms with van der Waals surface area (Å²) in [6.07, 6.45) is 3.37. The molecule has 2 N–H and O–H groups in total. The fraction of sp³-hybridized carbons (Fsp3) is 0.286. The third kappa shape index (κ3) is 6.02. The van der Waals surface area contributed by atoms with Crippen molar-refractivity contribution in [2.45, 2.75) is 31.6 Å². The number of hydrogen-bond donors (Lipinski definition) is 2. The van der Waals surface area contributed by atoms with Gasteiger partial charge in [0.25, 0.3) is 5.91 Å². The van der Waals surface area contributed by atoms with E-state index in [1.54, 1.807) is 29.8 Å². The van der Waals surface area contributed by atoms with Crippen LogP contribution in [0.5, 0.6) is 0 Å². The van der Waals surface area contributed by atoms with Crippen LogP contribution in [0.15, 0.2) is 59.7 Å². The SMILES string of the molecule is C=CCn1c(SCC(=O)Nc2nccs2)nnc1[C@@H](NC(=O)c1ccccc1)C(C)C. The molecule has 0 saturated carbocycles. The van der Waals surface area contributed by atoms with Gasteiger partial charge < -0.3 is 15.2 Å². The topological polar surface area (TPSA) is 102 Å². The van der Waals surface area contributed by atoms with Crippen LogP contribution in [-0.2, 0) is 11.3 Å². The molecular formula is C21H24N6O2S2. The van der Waals surface area contributed by atoms with Crippen LogP contribution in [0.25, 0.3) is 0 Å². The standard InChI is InChI=1S/C21H24N6O2S2/c1-4-11-27-18(17(14(2)3)24-19(29)15-8-6-5-7-9-15)25-26-21(27)31-13-16(28)23-20-22-10-12-30-20/h4-10,12,14,17H,1,11,13H2,2-3H3,(H,24,29)(H,22,23,28)/t17-/m0/s1. The molecule has 2 aromatic heterocycles. The summed E-state index contributed by atoms with van der Waals surface area (Å²) in [5.74, 6) is 0.516. The first-order valence-electron chi connectivity index (χ1n) is 9.71. The average Bonchev–Trinajstić information content (AvgIpc) is 3.41. The lowest BCUT2D eigenvalue weighted by Crippen LogP contribution is -2.33. The monoisotopic (exact) mass is 456 g/mol. The highest BCUT2D eigenvalue weighted by atomic mass is 32.2. The maximum absolute atomic E-state index is 12.7. The fourth-order valence-electron chi connectivity index (χ4n) is 2.85. The summed E-state index contributed by atoms with van der Waals surface area (Å²) >= 11 is 2.64. The van der Waals surface area contributed by atoms with E-state index in [-0.39, 0.29) is 29.5 Å². The van der Waals surface area contributed by atoms with Crippen LogP contribution in [0.3, 0.4) is 0 Å². The van der Waals surface area contributed by atoms with Crippen LogP contribution < -0.4 is 10.6 Å². The first-order chi connectivity index (χ1) is 15.0. The molecule has 1 aromatic carbocycles. The zero-order valence-electron chi connectivity index (χ0n) is 17.3. The van der Waals surface area contributed by atoms with Crippen LogP contribution >= 0.6 is 23.1 Å². The van der Waals surface area contributed by atoms with Gasteiger partial charge in [0.15, 0.2) is 16.1 Å². The molecule has 0 spiro atoms. The molecule has 2 amide bonds. The van der Waals surface area contributed by atoms with Crippen LogP contribution in [0.2, 0.25) is 0 Å². The Balaban J connectivity index is 1.75. The van der Waals surface area contributed by atoms with Gasteiger partial charge >= 0.3 is 0 Å². The van der Waals surface area contributed by atoms with Crippen molar-refractivity contribution in [1.82, 2.24) is 25.1 Å². The van der Waals surface area contributed by atoms with Crippen LogP contribution in [0, 0.1) is 5.92 Å². The zero-order valence-corrected chi connectivity index (χ0v) is 18.9. The molecule has 3 rings (SSSR count). The van der Waals surface area contributed by atoms with E-state index in [0.717, 1.165) is 0 Å². The lowest BCUT2D eigenvalue weighted by Gasteiger charge is -2.22. The Hall–Kier alpha value is -2.98. The number of carbonyl (C=O) groups is 2. The number of nitrogens with zero attached hydrogens (tertiary/aromatic N) is 4. The van der Waals surface area contributed by atoms with Gasteiger partial charge in [-0.3, -0.25) is 9.59 Å². The number of thioether (sulfide) groups is 1. The Morgan fingerprint density at radius 2 is 2.03 bits per heavy atom. The lowest BCUT2D eigenvalue weighted by atomic mass is 10.0. The molecule has 0 bridgehead atoms. The maximum Gasteiger partial charge on any atom is 0.251 e. The molecule has 162 valence electrons. The van der Waals surface area contributed by atoms with E-state index in [0.29, 0.717) is 28.2 Å². The Morgan fingerprint density at radius 3 is 2.68 bits per heavy atom. The van der Waals surface area contributed by atoms with Crippen LogP contribution in [0.4, 0.5) is 5.13 Å². The molecular weight excluding hydrogens is 432 g/mol. The largest absolute Gasteiger partial charge is 0.342 e. The molecule has 31 heavy (non-hydrogen) atoms. The van der Waals surface area contributed by atoms with Gasteiger partial charge in [-0.05, 0) is 18.1 Å². The fourth-order valence-corrected chi connectivity index (χ4v) is 4.15. The highest BCUT2D eigenvalue weighted by Crippen LogP contribution is 2.26. The number of benzene rings is 1. The van der Waals surface area contributed by atoms with E-state index in [4.69, 9.17) is 0 Å². The first-order valence-corrected chi connectivity index (χ1v) is 11.6. The summed E-state index contributed by atoms with van der Waals surface area (Å²) in [5, 5.41) is 17.4. The maximum atomic E-state index is 12.7. The number of nitrogens with one attached hydrogen (secondary N) is 2. The molecule has 8 nitrogen and oxygen atoms in total. The molecule has 3 aromatic rings. The number of carbonyl (C=O) groups excluding carboxylic acids is 2. The second kappa shape index (κ2) is 10.9. The van der Waals surface area contributed by atoms with Crippen molar-refractivity contribution >= 4 is 40.0 Å². The smallest absolute Gasteiger partial charge is 0.251 e. The molecule has 2 heterocycles. The highest BCUT2D eigenvalue weighted by molar-refractivity contribution is 7.99. The number of amides is 2. The van der Waals surface area contributed by atoms with E-state index < -0.39 is 0 Å². The molecule has 0 aliphatic rings. The van der Waals surface area contributed by atoms with Gasteiger partial charge in [-0.1, -0.05) is 49.9 Å². The minimum absolute atomic E-state index is 0.0754. The summed E-state index contributed by atoms with van der Waals surface area (Å²) in [5.41, 5.74) is 0.580. The van der Waals surface area contributed by atoms with Gasteiger partial charge in [0.1, 0.15) is 0 Å². The average molecular weight is 457 g/mol. The summed E-state index contributed by atoms with van der Waals surface area (Å²) in [4.78, 5) is 29.0. The zero-order chi connectivity index (χ0) is 22.2. The van der Waals surface area contributed by atoms with Gasteiger partial charge in [0.2, 0.25) is 5.91 Å². The number of thiazole rings is 1. The minimum Gasteiger partial charge on any atom is -0.342 e. The summed E-state index contributed by atoms with van der Waals surface area (Å²) in [7, 11) is 0. The van der Waals surface area contributed by atoms with Gasteiger partial charge in [-0.2, -0.15) is 0 Å². The molecule has 0 radical (unpaired) electrons. The molecule has 0 aliphatic heterocycles. The molecule has 0 unspecified atom stereocenters. The molecule has 10 heteroatoms. The van der Waals surface area contributed by atoms with Gasteiger partial charge in [0.05, 0.1) is 11.8 Å². The van der Waals surface area contributed by atoms with Crippen molar-refractivity contribution in [3.8, 4) is 0 Å². The number of anilines is 1. The van der Waals surface area contributed by atoms with E-state index in [2.05, 4.69) is 32.4 Å². The minimum atomic E-state index is -0.348. The van der Waals surface area contributed by atoms with E-state index in [1.165, 1.54) is 23.1 Å².